The van der Waals surface area contributed by atoms with Gasteiger partial charge in [-0.05, 0) is 24.9 Å². The molecule has 2 unspecified atom stereocenters. The molecule has 1 saturated heterocycles. The fraction of sp³-hybridized carbons (Fsp3) is 0.455. The average Bonchev–Trinajstić information content (AvgIpc) is 2.52. The van der Waals surface area contributed by atoms with Crippen LogP contribution in [-0.2, 0) is 0 Å². The Balaban J connectivity index is 2.31. The zero-order valence-corrected chi connectivity index (χ0v) is 8.06. The summed E-state index contributed by atoms with van der Waals surface area (Å²) in [5.41, 5.74) is 0.580. The van der Waals surface area contributed by atoms with Crippen molar-refractivity contribution < 1.29 is 8.78 Å². The van der Waals surface area contributed by atoms with E-state index < -0.39 is 11.6 Å². The van der Waals surface area contributed by atoms with E-state index in [2.05, 4.69) is 12.2 Å². The maximum atomic E-state index is 13.4. The van der Waals surface area contributed by atoms with Gasteiger partial charge in [0.1, 0.15) is 11.6 Å². The van der Waals surface area contributed by atoms with Gasteiger partial charge < -0.3 is 5.32 Å². The molecule has 14 heavy (non-hydrogen) atoms. The summed E-state index contributed by atoms with van der Waals surface area (Å²) in [7, 11) is 0. The van der Waals surface area contributed by atoms with Gasteiger partial charge in [-0.1, -0.05) is 13.0 Å². The quantitative estimate of drug-likeness (QED) is 0.729. The van der Waals surface area contributed by atoms with Crippen LogP contribution in [0, 0.1) is 17.6 Å². The van der Waals surface area contributed by atoms with E-state index in [0.717, 1.165) is 19.0 Å². The number of rotatable bonds is 1. The predicted molar refractivity (Wildman–Crippen MR) is 50.9 cm³/mol. The largest absolute Gasteiger partial charge is 0.310 e. The van der Waals surface area contributed by atoms with Gasteiger partial charge in [0.15, 0.2) is 0 Å². The second kappa shape index (κ2) is 3.65. The number of halogens is 2. The molecule has 2 rings (SSSR count). The lowest BCUT2D eigenvalue weighted by molar-refractivity contribution is 0.471. The van der Waals surface area contributed by atoms with Crippen LogP contribution in [0.4, 0.5) is 8.78 Å². The summed E-state index contributed by atoms with van der Waals surface area (Å²) in [5, 5.41) is 3.22. The molecule has 0 saturated carbocycles. The van der Waals surface area contributed by atoms with Crippen LogP contribution in [0.5, 0.6) is 0 Å². The van der Waals surface area contributed by atoms with Gasteiger partial charge in [0, 0.05) is 17.7 Å². The molecule has 0 aliphatic carbocycles. The van der Waals surface area contributed by atoms with Crippen molar-refractivity contribution in [2.75, 3.05) is 6.54 Å². The molecule has 1 nitrogen and oxygen atoms in total. The van der Waals surface area contributed by atoms with Gasteiger partial charge in [-0.3, -0.25) is 0 Å². The van der Waals surface area contributed by atoms with Crippen molar-refractivity contribution >= 4 is 0 Å². The average molecular weight is 197 g/mol. The van der Waals surface area contributed by atoms with Gasteiger partial charge in [0.05, 0.1) is 0 Å². The first-order chi connectivity index (χ1) is 6.68. The smallest absolute Gasteiger partial charge is 0.130 e. The molecule has 2 atom stereocenters. The maximum Gasteiger partial charge on any atom is 0.130 e. The molecule has 0 aromatic heterocycles. The summed E-state index contributed by atoms with van der Waals surface area (Å²) < 4.78 is 26.1. The Kier molecular flexibility index (Phi) is 2.50. The Morgan fingerprint density at radius 1 is 1.36 bits per heavy atom. The van der Waals surface area contributed by atoms with Crippen LogP contribution >= 0.6 is 0 Å². The van der Waals surface area contributed by atoms with Gasteiger partial charge in [-0.2, -0.15) is 0 Å². The Morgan fingerprint density at radius 2 is 2.14 bits per heavy atom. The van der Waals surface area contributed by atoms with E-state index in [1.807, 2.05) is 0 Å². The van der Waals surface area contributed by atoms with Crippen LogP contribution in [-0.4, -0.2) is 6.54 Å². The van der Waals surface area contributed by atoms with E-state index in [-0.39, 0.29) is 6.04 Å². The van der Waals surface area contributed by atoms with Crippen LogP contribution in [0.2, 0.25) is 0 Å². The fourth-order valence-electron chi connectivity index (χ4n) is 2.00. The first kappa shape index (κ1) is 9.59. The van der Waals surface area contributed by atoms with Crippen LogP contribution < -0.4 is 5.32 Å². The second-order valence-electron chi connectivity index (χ2n) is 3.86. The molecule has 1 aromatic carbocycles. The van der Waals surface area contributed by atoms with Gasteiger partial charge in [0.25, 0.3) is 0 Å². The van der Waals surface area contributed by atoms with E-state index in [0.29, 0.717) is 11.5 Å². The number of nitrogens with one attached hydrogen (secondary N) is 1. The molecule has 1 fully saturated rings. The molecule has 0 amide bonds. The minimum absolute atomic E-state index is 0.0376. The normalized spacial score (nSPS) is 26.8. The molecule has 3 heteroatoms. The highest BCUT2D eigenvalue weighted by atomic mass is 19.1. The topological polar surface area (TPSA) is 12.0 Å². The summed E-state index contributed by atoms with van der Waals surface area (Å²) >= 11 is 0. The van der Waals surface area contributed by atoms with Crippen molar-refractivity contribution in [2.45, 2.75) is 19.4 Å². The monoisotopic (exact) mass is 197 g/mol. The van der Waals surface area contributed by atoms with Crippen LogP contribution in [0.1, 0.15) is 24.9 Å². The summed E-state index contributed by atoms with van der Waals surface area (Å²) in [4.78, 5) is 0. The van der Waals surface area contributed by atoms with Crippen molar-refractivity contribution in [3.8, 4) is 0 Å². The molecule has 0 radical (unpaired) electrons. The highest BCUT2D eigenvalue weighted by molar-refractivity contribution is 5.23. The van der Waals surface area contributed by atoms with E-state index >= 15 is 0 Å². The zero-order chi connectivity index (χ0) is 10.1. The van der Waals surface area contributed by atoms with E-state index in [1.54, 1.807) is 0 Å². The Morgan fingerprint density at radius 3 is 2.71 bits per heavy atom. The first-order valence-electron chi connectivity index (χ1n) is 4.87. The maximum absolute atomic E-state index is 13.4. The summed E-state index contributed by atoms with van der Waals surface area (Å²) in [5.74, 6) is -0.553. The highest BCUT2D eigenvalue weighted by Gasteiger charge is 2.26. The summed E-state index contributed by atoms with van der Waals surface area (Å²) in [6, 6.07) is 3.83. The number of hydrogen-bond acceptors (Lipinski definition) is 1. The Labute approximate surface area is 82.1 Å². The second-order valence-corrected chi connectivity index (χ2v) is 3.86. The molecule has 1 aliphatic heterocycles. The lowest BCUT2D eigenvalue weighted by Crippen LogP contribution is -2.17. The summed E-state index contributed by atoms with van der Waals surface area (Å²) in [6.07, 6.45) is 1.04. The molecule has 1 heterocycles. The Hall–Kier alpha value is -0.960. The van der Waals surface area contributed by atoms with Crippen molar-refractivity contribution in [3.05, 3.63) is 35.4 Å². The van der Waals surface area contributed by atoms with Crippen molar-refractivity contribution in [1.82, 2.24) is 5.32 Å². The third-order valence-electron chi connectivity index (χ3n) is 2.83. The molecule has 1 aliphatic rings. The standard InChI is InChI=1S/C11H13F2N/c1-7-4-5-14-11(7)9-3-2-8(12)6-10(9)13/h2-3,6-7,11,14H,4-5H2,1H3. The van der Waals surface area contributed by atoms with Gasteiger partial charge in [-0.15, -0.1) is 0 Å². The first-order valence-corrected chi connectivity index (χ1v) is 4.87. The van der Waals surface area contributed by atoms with Crippen LogP contribution in [0.3, 0.4) is 0 Å². The fourth-order valence-corrected chi connectivity index (χ4v) is 2.00. The molecule has 0 bridgehead atoms. The van der Waals surface area contributed by atoms with Gasteiger partial charge in [0.2, 0.25) is 0 Å². The molecule has 76 valence electrons. The van der Waals surface area contributed by atoms with Crippen molar-refractivity contribution in [1.29, 1.82) is 0 Å². The molecule has 1 aromatic rings. The van der Waals surface area contributed by atoms with Crippen molar-refractivity contribution in [2.24, 2.45) is 5.92 Å². The van der Waals surface area contributed by atoms with Gasteiger partial charge in [-0.25, -0.2) is 8.78 Å². The van der Waals surface area contributed by atoms with E-state index in [9.17, 15) is 8.78 Å². The van der Waals surface area contributed by atoms with Gasteiger partial charge >= 0.3 is 0 Å². The minimum atomic E-state index is -0.517. The number of hydrogen-bond donors (Lipinski definition) is 1. The molecular weight excluding hydrogens is 184 g/mol. The lowest BCUT2D eigenvalue weighted by atomic mass is 9.96. The third-order valence-corrected chi connectivity index (χ3v) is 2.83. The predicted octanol–water partition coefficient (Wildman–Crippen LogP) is 2.64. The SMILES string of the molecule is CC1CCNC1c1ccc(F)cc1F. The van der Waals surface area contributed by atoms with E-state index in [4.69, 9.17) is 0 Å². The molecule has 1 N–H and O–H groups in total. The Bertz CT molecular complexity index is 338. The number of benzene rings is 1. The van der Waals surface area contributed by atoms with E-state index in [1.165, 1.54) is 12.1 Å². The zero-order valence-electron chi connectivity index (χ0n) is 8.06. The lowest BCUT2D eigenvalue weighted by Gasteiger charge is -2.16. The summed E-state index contributed by atoms with van der Waals surface area (Å²) in [6.45, 7) is 2.98. The molecule has 0 spiro atoms. The van der Waals surface area contributed by atoms with Crippen LogP contribution in [0.15, 0.2) is 18.2 Å². The van der Waals surface area contributed by atoms with Crippen LogP contribution in [0.25, 0.3) is 0 Å². The molecular formula is C11H13F2N. The third kappa shape index (κ3) is 1.64. The highest BCUT2D eigenvalue weighted by Crippen LogP contribution is 2.30. The van der Waals surface area contributed by atoms with Crippen molar-refractivity contribution in [3.63, 3.8) is 0 Å². The minimum Gasteiger partial charge on any atom is -0.310 e.